The van der Waals surface area contributed by atoms with E-state index >= 15 is 0 Å². The van der Waals surface area contributed by atoms with Crippen LogP contribution in [0.4, 0.5) is 5.82 Å². The highest BCUT2D eigenvalue weighted by molar-refractivity contribution is 7.89. The minimum absolute atomic E-state index is 0.117. The smallest absolute Gasteiger partial charge is 0.240 e. The maximum absolute atomic E-state index is 12.3. The van der Waals surface area contributed by atoms with Gasteiger partial charge in [-0.3, -0.25) is 0 Å². The Morgan fingerprint density at radius 1 is 1.52 bits per heavy atom. The molecule has 0 aromatic carbocycles. The van der Waals surface area contributed by atoms with Gasteiger partial charge in [-0.05, 0) is 20.0 Å². The Hall–Kier alpha value is -1.22. The zero-order chi connectivity index (χ0) is 15.3. The zero-order valence-corrected chi connectivity index (χ0v) is 13.2. The number of nitrogens with one attached hydrogen (secondary N) is 2. The summed E-state index contributed by atoms with van der Waals surface area (Å²) in [7, 11) is -1.55. The van der Waals surface area contributed by atoms with Crippen LogP contribution in [-0.2, 0) is 14.8 Å². The number of ether oxygens (including phenoxy) is 1. The number of nitrogens with zero attached hydrogens (tertiary/aromatic N) is 2. The Kier molecular flexibility index (Phi) is 5.51. The van der Waals surface area contributed by atoms with Crippen molar-refractivity contribution in [2.45, 2.75) is 17.9 Å². The van der Waals surface area contributed by atoms with Crippen molar-refractivity contribution in [1.29, 1.82) is 0 Å². The molecule has 1 unspecified atom stereocenters. The van der Waals surface area contributed by atoms with Crippen LogP contribution < -0.4 is 10.0 Å². The van der Waals surface area contributed by atoms with E-state index in [1.807, 2.05) is 14.0 Å². The van der Waals surface area contributed by atoms with Crippen LogP contribution in [0.1, 0.15) is 6.92 Å². The van der Waals surface area contributed by atoms with Gasteiger partial charge >= 0.3 is 0 Å². The average Bonchev–Trinajstić information content (AvgIpc) is 2.46. The second-order valence-electron chi connectivity index (χ2n) is 5.01. The van der Waals surface area contributed by atoms with Crippen LogP contribution in [0.2, 0.25) is 0 Å². The van der Waals surface area contributed by atoms with Crippen LogP contribution in [0.5, 0.6) is 0 Å². The summed E-state index contributed by atoms with van der Waals surface area (Å²) >= 11 is 0. The molecule has 1 fully saturated rings. The van der Waals surface area contributed by atoms with Crippen molar-refractivity contribution in [3.8, 4) is 0 Å². The summed E-state index contributed by atoms with van der Waals surface area (Å²) in [5.74, 6) is 0.550. The number of rotatable bonds is 6. The Bertz CT molecular complexity index is 564. The monoisotopic (exact) mass is 314 g/mol. The number of anilines is 1. The summed E-state index contributed by atoms with van der Waals surface area (Å²) in [4.78, 5) is 6.40. The van der Waals surface area contributed by atoms with Crippen molar-refractivity contribution in [3.05, 3.63) is 18.3 Å². The van der Waals surface area contributed by atoms with Crippen molar-refractivity contribution in [1.82, 2.24) is 14.6 Å². The highest BCUT2D eigenvalue weighted by atomic mass is 32.2. The van der Waals surface area contributed by atoms with Crippen molar-refractivity contribution >= 4 is 15.8 Å². The fraction of sp³-hybridized carbons (Fsp3) is 0.615. The number of morpholine rings is 1. The Morgan fingerprint density at radius 3 is 3.05 bits per heavy atom. The predicted molar refractivity (Wildman–Crippen MR) is 80.8 cm³/mol. The first-order chi connectivity index (χ1) is 10.0. The molecule has 0 saturated carbocycles. The second-order valence-corrected chi connectivity index (χ2v) is 6.78. The molecule has 2 N–H and O–H groups in total. The normalized spacial score (nSPS) is 20.4. The molecule has 1 saturated heterocycles. The lowest BCUT2D eigenvalue weighted by Crippen LogP contribution is -2.45. The molecule has 1 aliphatic heterocycles. The van der Waals surface area contributed by atoms with Crippen LogP contribution >= 0.6 is 0 Å². The van der Waals surface area contributed by atoms with Gasteiger partial charge in [0.2, 0.25) is 10.0 Å². The van der Waals surface area contributed by atoms with Gasteiger partial charge in [-0.2, -0.15) is 0 Å². The molecule has 0 bridgehead atoms. The highest BCUT2D eigenvalue weighted by Crippen LogP contribution is 2.13. The summed E-state index contributed by atoms with van der Waals surface area (Å²) in [5.41, 5.74) is 0. The first-order valence-corrected chi connectivity index (χ1v) is 8.49. The van der Waals surface area contributed by atoms with Crippen LogP contribution in [0, 0.1) is 0 Å². The van der Waals surface area contributed by atoms with E-state index in [-0.39, 0.29) is 17.5 Å². The van der Waals surface area contributed by atoms with E-state index in [2.05, 4.69) is 19.9 Å². The number of likely N-dealkylation sites (N-methyl/N-ethyl adjacent to an activating group) is 1. The molecule has 0 radical (unpaired) electrons. The molecule has 2 rings (SSSR count). The standard InChI is InChI=1S/C13H22N4O3S/c1-3-14-13-8-12(4-5-15-13)21(18,19)16-9-11-10-17(2)6-7-20-11/h4-5,8,11,16H,3,6-7,9-10H2,1-2H3,(H,14,15). The summed E-state index contributed by atoms with van der Waals surface area (Å²) < 4.78 is 32.7. The molecular formula is C13H22N4O3S. The van der Waals surface area contributed by atoms with Crippen molar-refractivity contribution in [2.75, 3.05) is 45.2 Å². The molecule has 1 aromatic rings. The van der Waals surface area contributed by atoms with E-state index in [0.717, 1.165) is 13.1 Å². The zero-order valence-electron chi connectivity index (χ0n) is 12.4. The molecule has 0 amide bonds. The highest BCUT2D eigenvalue weighted by Gasteiger charge is 2.21. The van der Waals surface area contributed by atoms with E-state index in [9.17, 15) is 8.42 Å². The molecule has 0 aliphatic carbocycles. The van der Waals surface area contributed by atoms with Crippen LogP contribution in [0.3, 0.4) is 0 Å². The van der Waals surface area contributed by atoms with E-state index in [1.54, 1.807) is 0 Å². The van der Waals surface area contributed by atoms with E-state index in [0.29, 0.717) is 19.0 Å². The van der Waals surface area contributed by atoms with Crippen molar-refractivity contribution in [2.24, 2.45) is 0 Å². The van der Waals surface area contributed by atoms with E-state index < -0.39 is 10.0 Å². The molecule has 1 aromatic heterocycles. The van der Waals surface area contributed by atoms with Gasteiger partial charge in [-0.15, -0.1) is 0 Å². The molecule has 1 aliphatic rings. The molecule has 1 atom stereocenters. The maximum atomic E-state index is 12.3. The van der Waals surface area contributed by atoms with Gasteiger partial charge in [-0.1, -0.05) is 0 Å². The topological polar surface area (TPSA) is 83.6 Å². The third-order valence-corrected chi connectivity index (χ3v) is 4.66. The largest absolute Gasteiger partial charge is 0.374 e. The maximum Gasteiger partial charge on any atom is 0.240 e. The molecule has 21 heavy (non-hydrogen) atoms. The SMILES string of the molecule is CCNc1cc(S(=O)(=O)NCC2CN(C)CCO2)ccn1. The molecule has 2 heterocycles. The Labute approximate surface area is 125 Å². The Balaban J connectivity index is 1.99. The van der Waals surface area contributed by atoms with E-state index in [1.165, 1.54) is 18.3 Å². The van der Waals surface area contributed by atoms with Crippen molar-refractivity contribution < 1.29 is 13.2 Å². The quantitative estimate of drug-likeness (QED) is 0.776. The van der Waals surface area contributed by atoms with Crippen molar-refractivity contribution in [3.63, 3.8) is 0 Å². The minimum atomic E-state index is -3.55. The Morgan fingerprint density at radius 2 is 2.33 bits per heavy atom. The third kappa shape index (κ3) is 4.63. The lowest BCUT2D eigenvalue weighted by Gasteiger charge is -2.30. The number of aromatic nitrogens is 1. The summed E-state index contributed by atoms with van der Waals surface area (Å²) in [6.07, 6.45) is 1.37. The predicted octanol–water partition coefficient (Wildman–Crippen LogP) is 0.122. The molecule has 0 spiro atoms. The first kappa shape index (κ1) is 16.2. The fourth-order valence-electron chi connectivity index (χ4n) is 2.13. The summed E-state index contributed by atoms with van der Waals surface area (Å²) in [6, 6.07) is 3.01. The first-order valence-electron chi connectivity index (χ1n) is 7.01. The fourth-order valence-corrected chi connectivity index (χ4v) is 3.21. The molecule has 8 heteroatoms. The number of sulfonamides is 1. The van der Waals surface area contributed by atoms with Gasteiger partial charge in [0.1, 0.15) is 5.82 Å². The van der Waals surface area contributed by atoms with Crippen LogP contribution in [0.15, 0.2) is 23.2 Å². The lowest BCUT2D eigenvalue weighted by molar-refractivity contribution is -0.0156. The number of hydrogen-bond donors (Lipinski definition) is 2. The van der Waals surface area contributed by atoms with Crippen LogP contribution in [0.25, 0.3) is 0 Å². The molecular weight excluding hydrogens is 292 g/mol. The average molecular weight is 314 g/mol. The third-order valence-electron chi connectivity index (χ3n) is 3.24. The minimum Gasteiger partial charge on any atom is -0.374 e. The van der Waals surface area contributed by atoms with Gasteiger partial charge < -0.3 is 15.0 Å². The molecule has 118 valence electrons. The summed E-state index contributed by atoms with van der Waals surface area (Å²) in [5, 5.41) is 3.00. The summed E-state index contributed by atoms with van der Waals surface area (Å²) in [6.45, 7) is 5.11. The second kappa shape index (κ2) is 7.17. The van der Waals surface area contributed by atoms with Gasteiger partial charge in [-0.25, -0.2) is 18.1 Å². The number of hydrogen-bond acceptors (Lipinski definition) is 6. The van der Waals surface area contributed by atoms with Gasteiger partial charge in [0, 0.05) is 38.4 Å². The van der Waals surface area contributed by atoms with E-state index in [4.69, 9.17) is 4.74 Å². The van der Waals surface area contributed by atoms with Crippen LogP contribution in [-0.4, -0.2) is 64.2 Å². The number of pyridine rings is 1. The lowest BCUT2D eigenvalue weighted by atomic mass is 10.3. The van der Waals surface area contributed by atoms with Gasteiger partial charge in [0.15, 0.2) is 0 Å². The molecule has 7 nitrogen and oxygen atoms in total. The van der Waals surface area contributed by atoms with Gasteiger partial charge in [0.05, 0.1) is 17.6 Å². The van der Waals surface area contributed by atoms with Gasteiger partial charge in [0.25, 0.3) is 0 Å².